The summed E-state index contributed by atoms with van der Waals surface area (Å²) >= 11 is 0. The van der Waals surface area contributed by atoms with Crippen molar-refractivity contribution in [3.63, 3.8) is 0 Å². The van der Waals surface area contributed by atoms with Crippen molar-refractivity contribution in [2.24, 2.45) is 0 Å². The summed E-state index contributed by atoms with van der Waals surface area (Å²) in [5.74, 6) is 1.04. The van der Waals surface area contributed by atoms with E-state index in [1.54, 1.807) is 0 Å². The Bertz CT molecular complexity index is 881. The van der Waals surface area contributed by atoms with Gasteiger partial charge in [-0.1, -0.05) is 18.2 Å². The second-order valence-corrected chi connectivity index (χ2v) is 9.96. The van der Waals surface area contributed by atoms with E-state index in [-0.39, 0.29) is 23.3 Å². The largest absolute Gasteiger partial charge is 0.460 e. The Morgan fingerprint density at radius 2 is 1.78 bits per heavy atom. The lowest BCUT2D eigenvalue weighted by Crippen LogP contribution is -2.51. The fourth-order valence-corrected chi connectivity index (χ4v) is 5.38. The number of sulfone groups is 1. The summed E-state index contributed by atoms with van der Waals surface area (Å²) < 4.78 is 29.1. The third-order valence-corrected chi connectivity index (χ3v) is 7.52. The number of furan rings is 1. The number of carbonyl (C=O) groups is 1. The van der Waals surface area contributed by atoms with E-state index in [9.17, 15) is 13.2 Å². The predicted molar refractivity (Wildman–Crippen MR) is 104 cm³/mol. The van der Waals surface area contributed by atoms with E-state index in [0.29, 0.717) is 24.9 Å². The monoisotopic (exact) mass is 390 g/mol. The molecule has 1 aromatic heterocycles. The van der Waals surface area contributed by atoms with Crippen LogP contribution in [0.2, 0.25) is 0 Å². The van der Waals surface area contributed by atoms with Gasteiger partial charge in [-0.05, 0) is 31.9 Å². The molecule has 2 fully saturated rings. The molecule has 3 heterocycles. The number of para-hydroxylation sites is 1. The second-order valence-electron chi connectivity index (χ2n) is 7.65. The van der Waals surface area contributed by atoms with E-state index >= 15 is 0 Å². The van der Waals surface area contributed by atoms with E-state index in [1.807, 2.05) is 42.2 Å². The van der Waals surface area contributed by atoms with E-state index in [1.165, 1.54) is 0 Å². The molecule has 0 radical (unpaired) electrons. The molecule has 1 atom stereocenters. The highest BCUT2D eigenvalue weighted by Crippen LogP contribution is 2.28. The average molecular weight is 391 g/mol. The van der Waals surface area contributed by atoms with Crippen molar-refractivity contribution >= 4 is 26.7 Å². The van der Waals surface area contributed by atoms with E-state index in [2.05, 4.69) is 4.90 Å². The third kappa shape index (κ3) is 3.89. The van der Waals surface area contributed by atoms with E-state index in [4.69, 9.17) is 4.42 Å². The number of amides is 1. The molecule has 1 aromatic carbocycles. The van der Waals surface area contributed by atoms with Crippen LogP contribution < -0.4 is 0 Å². The van der Waals surface area contributed by atoms with Crippen molar-refractivity contribution in [2.45, 2.75) is 31.7 Å². The zero-order chi connectivity index (χ0) is 19.0. The van der Waals surface area contributed by atoms with Gasteiger partial charge in [0.2, 0.25) is 5.91 Å². The number of likely N-dealkylation sites (tertiary alicyclic amines) is 1. The molecular weight excluding hydrogens is 364 g/mol. The molecule has 1 amide bonds. The number of rotatable bonds is 3. The first-order valence-corrected chi connectivity index (χ1v) is 11.5. The van der Waals surface area contributed by atoms with Gasteiger partial charge in [0.05, 0.1) is 17.4 Å². The Balaban J connectivity index is 1.35. The van der Waals surface area contributed by atoms with Gasteiger partial charge >= 0.3 is 0 Å². The lowest BCUT2D eigenvalue weighted by molar-refractivity contribution is -0.134. The highest BCUT2D eigenvalue weighted by molar-refractivity contribution is 7.91. The Labute approximate surface area is 160 Å². The number of benzene rings is 1. The zero-order valence-corrected chi connectivity index (χ0v) is 16.5. The first-order chi connectivity index (χ1) is 12.9. The van der Waals surface area contributed by atoms with E-state index < -0.39 is 9.84 Å². The topological polar surface area (TPSA) is 70.8 Å². The minimum absolute atomic E-state index is 0.105. The number of hydrogen-bond acceptors (Lipinski definition) is 5. The molecule has 7 heteroatoms. The quantitative estimate of drug-likeness (QED) is 0.804. The SMILES string of the molecule is C[C@@H](C(=O)N1CCC(N2CCS(=O)(=O)CC2)CC1)c1cc2ccccc2o1. The summed E-state index contributed by atoms with van der Waals surface area (Å²) in [5, 5.41) is 1.02. The van der Waals surface area contributed by atoms with Crippen LogP contribution in [0.1, 0.15) is 31.4 Å². The summed E-state index contributed by atoms with van der Waals surface area (Å²) in [5.41, 5.74) is 0.811. The molecule has 0 N–H and O–H groups in total. The molecule has 0 bridgehead atoms. The molecule has 2 aromatic rings. The van der Waals surface area contributed by atoms with Crippen molar-refractivity contribution in [3.05, 3.63) is 36.1 Å². The van der Waals surface area contributed by atoms with Crippen LogP contribution >= 0.6 is 0 Å². The van der Waals surface area contributed by atoms with Gasteiger partial charge in [-0.3, -0.25) is 9.69 Å². The molecule has 0 unspecified atom stereocenters. The van der Waals surface area contributed by atoms with Gasteiger partial charge < -0.3 is 9.32 Å². The van der Waals surface area contributed by atoms with Gasteiger partial charge in [0.25, 0.3) is 0 Å². The highest BCUT2D eigenvalue weighted by Gasteiger charge is 2.32. The third-order valence-electron chi connectivity index (χ3n) is 5.91. The van der Waals surface area contributed by atoms with Crippen LogP contribution in [-0.2, 0) is 14.6 Å². The van der Waals surface area contributed by atoms with Crippen molar-refractivity contribution in [1.82, 2.24) is 9.80 Å². The molecule has 4 rings (SSSR count). The standard InChI is InChI=1S/C20H26N2O4S/c1-15(19-14-16-4-2-3-5-18(16)26-19)20(23)22-8-6-17(7-9-22)21-10-12-27(24,25)13-11-21/h2-5,14-15,17H,6-13H2,1H3/t15-/m1/s1. The summed E-state index contributed by atoms with van der Waals surface area (Å²) in [6.45, 7) is 4.59. The molecule has 0 saturated carbocycles. The maximum Gasteiger partial charge on any atom is 0.233 e. The minimum atomic E-state index is -2.85. The average Bonchev–Trinajstić information content (AvgIpc) is 3.11. The van der Waals surface area contributed by atoms with Gasteiger partial charge in [0, 0.05) is 37.6 Å². The molecule has 146 valence electrons. The summed E-state index contributed by atoms with van der Waals surface area (Å²) in [6.07, 6.45) is 1.80. The van der Waals surface area contributed by atoms with Crippen LogP contribution in [-0.4, -0.2) is 67.9 Å². The van der Waals surface area contributed by atoms with Crippen LogP contribution in [0.5, 0.6) is 0 Å². The lowest BCUT2D eigenvalue weighted by atomic mass is 10.00. The Morgan fingerprint density at radius 1 is 1.11 bits per heavy atom. The number of hydrogen-bond donors (Lipinski definition) is 0. The molecule has 2 aliphatic rings. The van der Waals surface area contributed by atoms with Crippen molar-refractivity contribution in [2.75, 3.05) is 37.7 Å². The van der Waals surface area contributed by atoms with Gasteiger partial charge in [-0.25, -0.2) is 8.42 Å². The first-order valence-electron chi connectivity index (χ1n) is 9.65. The molecule has 0 spiro atoms. The van der Waals surface area contributed by atoms with Crippen molar-refractivity contribution < 1.29 is 17.6 Å². The van der Waals surface area contributed by atoms with Crippen LogP contribution in [0.25, 0.3) is 11.0 Å². The van der Waals surface area contributed by atoms with Crippen molar-refractivity contribution in [1.29, 1.82) is 0 Å². The number of carbonyl (C=O) groups excluding carboxylic acids is 1. The molecule has 2 saturated heterocycles. The molecular formula is C20H26N2O4S. The summed E-state index contributed by atoms with van der Waals surface area (Å²) in [4.78, 5) is 17.1. The van der Waals surface area contributed by atoms with Gasteiger partial charge in [-0.15, -0.1) is 0 Å². The van der Waals surface area contributed by atoms with Crippen LogP contribution in [0.4, 0.5) is 0 Å². The lowest BCUT2D eigenvalue weighted by Gasteiger charge is -2.40. The molecule has 27 heavy (non-hydrogen) atoms. The maximum absolute atomic E-state index is 12.9. The van der Waals surface area contributed by atoms with Crippen LogP contribution in [0.3, 0.4) is 0 Å². The first kappa shape index (κ1) is 18.5. The van der Waals surface area contributed by atoms with Crippen molar-refractivity contribution in [3.8, 4) is 0 Å². The normalized spacial score (nSPS) is 22.8. The Hall–Kier alpha value is -1.86. The summed E-state index contributed by atoms with van der Waals surface area (Å²) in [7, 11) is -2.85. The smallest absolute Gasteiger partial charge is 0.233 e. The Kier molecular flexibility index (Phi) is 4.99. The molecule has 0 aliphatic carbocycles. The number of fused-ring (bicyclic) bond motifs is 1. The fraction of sp³-hybridized carbons (Fsp3) is 0.550. The van der Waals surface area contributed by atoms with Crippen LogP contribution in [0.15, 0.2) is 34.7 Å². The predicted octanol–water partition coefficient (Wildman–Crippen LogP) is 2.26. The highest BCUT2D eigenvalue weighted by atomic mass is 32.2. The van der Waals surface area contributed by atoms with Gasteiger partial charge in [0.15, 0.2) is 9.84 Å². The number of nitrogens with zero attached hydrogens (tertiary/aromatic N) is 2. The number of piperidine rings is 1. The maximum atomic E-state index is 12.9. The van der Waals surface area contributed by atoms with E-state index in [0.717, 1.165) is 36.9 Å². The molecule has 6 nitrogen and oxygen atoms in total. The minimum Gasteiger partial charge on any atom is -0.460 e. The van der Waals surface area contributed by atoms with Gasteiger partial charge in [-0.2, -0.15) is 0 Å². The van der Waals surface area contributed by atoms with Crippen LogP contribution in [0, 0.1) is 0 Å². The molecule has 2 aliphatic heterocycles. The summed E-state index contributed by atoms with van der Waals surface area (Å²) in [6, 6.07) is 10.1. The second kappa shape index (κ2) is 7.28. The zero-order valence-electron chi connectivity index (χ0n) is 15.6. The Morgan fingerprint density at radius 3 is 2.44 bits per heavy atom. The van der Waals surface area contributed by atoms with Gasteiger partial charge in [0.1, 0.15) is 11.3 Å². The fourth-order valence-electron chi connectivity index (χ4n) is 4.15.